The highest BCUT2D eigenvalue weighted by Gasteiger charge is 2.37. The fourth-order valence-electron chi connectivity index (χ4n) is 3.85. The molecule has 1 aliphatic heterocycles. The molecule has 1 aliphatic carbocycles. The van der Waals surface area contributed by atoms with Crippen molar-refractivity contribution in [1.82, 2.24) is 10.2 Å². The second-order valence-electron chi connectivity index (χ2n) is 6.36. The zero-order valence-electron chi connectivity index (χ0n) is 12.8. The summed E-state index contributed by atoms with van der Waals surface area (Å²) in [5.74, 6) is 1.30. The normalized spacial score (nSPS) is 24.5. The molecule has 0 spiro atoms. The van der Waals surface area contributed by atoms with Gasteiger partial charge in [0.1, 0.15) is 0 Å². The average Bonchev–Trinajstić information content (AvgIpc) is 2.49. The molecule has 0 aromatic carbocycles. The minimum Gasteiger partial charge on any atom is -0.315 e. The number of rotatable bonds is 7. The van der Waals surface area contributed by atoms with E-state index in [2.05, 4.69) is 16.5 Å². The van der Waals surface area contributed by atoms with Crippen LogP contribution in [-0.4, -0.2) is 48.6 Å². The van der Waals surface area contributed by atoms with Gasteiger partial charge in [0.2, 0.25) is 0 Å². The molecule has 1 heterocycles. The van der Waals surface area contributed by atoms with Crippen LogP contribution in [0, 0.1) is 0 Å². The maximum Gasteiger partial charge on any atom is 0.0333 e. The van der Waals surface area contributed by atoms with Gasteiger partial charge in [-0.2, -0.15) is 11.8 Å². The van der Waals surface area contributed by atoms with Gasteiger partial charge in [-0.3, -0.25) is 4.90 Å². The molecular weight excluding hydrogens is 252 g/mol. The van der Waals surface area contributed by atoms with Crippen LogP contribution >= 0.6 is 11.8 Å². The van der Waals surface area contributed by atoms with E-state index in [1.807, 2.05) is 11.8 Å². The summed E-state index contributed by atoms with van der Waals surface area (Å²) in [7, 11) is 0. The van der Waals surface area contributed by atoms with E-state index >= 15 is 0 Å². The molecule has 2 nitrogen and oxygen atoms in total. The molecule has 112 valence electrons. The lowest BCUT2D eigenvalue weighted by Gasteiger charge is -2.48. The van der Waals surface area contributed by atoms with Gasteiger partial charge in [0.25, 0.3) is 0 Å². The first-order chi connectivity index (χ1) is 9.37. The second-order valence-corrected chi connectivity index (χ2v) is 7.34. The molecule has 2 fully saturated rings. The van der Waals surface area contributed by atoms with Crippen molar-refractivity contribution in [3.63, 3.8) is 0 Å². The van der Waals surface area contributed by atoms with E-state index < -0.39 is 0 Å². The van der Waals surface area contributed by atoms with Crippen molar-refractivity contribution < 1.29 is 0 Å². The summed E-state index contributed by atoms with van der Waals surface area (Å²) in [5, 5.41) is 3.77. The summed E-state index contributed by atoms with van der Waals surface area (Å²) >= 11 is 1.96. The van der Waals surface area contributed by atoms with Crippen LogP contribution < -0.4 is 5.32 Å². The van der Waals surface area contributed by atoms with Crippen LogP contribution in [0.5, 0.6) is 0 Å². The number of nitrogens with zero attached hydrogens (tertiary/aromatic N) is 1. The van der Waals surface area contributed by atoms with Crippen LogP contribution in [0.2, 0.25) is 0 Å². The number of piperidine rings is 1. The van der Waals surface area contributed by atoms with Crippen molar-refractivity contribution in [2.45, 2.75) is 63.3 Å². The van der Waals surface area contributed by atoms with Crippen LogP contribution in [0.1, 0.15) is 57.8 Å². The van der Waals surface area contributed by atoms with Crippen molar-refractivity contribution in [1.29, 1.82) is 0 Å². The Morgan fingerprint density at radius 2 is 1.68 bits per heavy atom. The maximum atomic E-state index is 3.77. The number of thioether (sulfide) groups is 1. The minimum absolute atomic E-state index is 0.512. The molecule has 0 radical (unpaired) electrons. The Morgan fingerprint density at radius 3 is 2.37 bits per heavy atom. The summed E-state index contributed by atoms with van der Waals surface area (Å²) in [6, 6.07) is 0. The zero-order valence-corrected chi connectivity index (χ0v) is 13.6. The van der Waals surface area contributed by atoms with Gasteiger partial charge in [0, 0.05) is 12.1 Å². The fourth-order valence-corrected chi connectivity index (χ4v) is 4.28. The van der Waals surface area contributed by atoms with Crippen LogP contribution in [0.4, 0.5) is 0 Å². The summed E-state index contributed by atoms with van der Waals surface area (Å²) < 4.78 is 0. The Morgan fingerprint density at radius 1 is 1.00 bits per heavy atom. The third kappa shape index (κ3) is 4.64. The van der Waals surface area contributed by atoms with E-state index in [1.165, 1.54) is 89.7 Å². The first-order valence-corrected chi connectivity index (χ1v) is 9.71. The van der Waals surface area contributed by atoms with E-state index in [9.17, 15) is 0 Å². The van der Waals surface area contributed by atoms with Gasteiger partial charge < -0.3 is 5.32 Å². The van der Waals surface area contributed by atoms with Gasteiger partial charge in [0.15, 0.2) is 0 Å². The third-order valence-corrected chi connectivity index (χ3v) is 5.66. The Kier molecular flexibility index (Phi) is 7.03. The monoisotopic (exact) mass is 284 g/mol. The Hall–Kier alpha value is 0.270. The van der Waals surface area contributed by atoms with E-state index in [0.29, 0.717) is 5.54 Å². The summed E-state index contributed by atoms with van der Waals surface area (Å²) in [5.41, 5.74) is 0.512. The van der Waals surface area contributed by atoms with Crippen LogP contribution in [-0.2, 0) is 0 Å². The summed E-state index contributed by atoms with van der Waals surface area (Å²) in [4.78, 5) is 2.84. The van der Waals surface area contributed by atoms with Crippen molar-refractivity contribution in [3.05, 3.63) is 0 Å². The highest BCUT2D eigenvalue weighted by atomic mass is 32.2. The first-order valence-electron chi connectivity index (χ1n) is 8.32. The zero-order chi connectivity index (χ0) is 13.4. The minimum atomic E-state index is 0.512. The van der Waals surface area contributed by atoms with Crippen LogP contribution in [0.25, 0.3) is 0 Å². The molecule has 2 rings (SSSR count). The molecule has 2 aliphatic rings. The first kappa shape index (κ1) is 15.7. The van der Waals surface area contributed by atoms with Crippen LogP contribution in [0.3, 0.4) is 0 Å². The third-order valence-electron chi connectivity index (χ3n) is 4.97. The predicted octanol–water partition coefficient (Wildman–Crippen LogP) is 3.52. The number of hydrogen-bond acceptors (Lipinski definition) is 3. The fraction of sp³-hybridized carbons (Fsp3) is 1.00. The molecule has 0 amide bonds. The molecule has 0 atom stereocenters. The van der Waals surface area contributed by atoms with Gasteiger partial charge in [-0.25, -0.2) is 0 Å². The van der Waals surface area contributed by atoms with E-state index in [1.54, 1.807) is 0 Å². The quantitative estimate of drug-likeness (QED) is 0.720. The van der Waals surface area contributed by atoms with E-state index in [-0.39, 0.29) is 0 Å². The molecule has 1 N–H and O–H groups in total. The topological polar surface area (TPSA) is 15.3 Å². The van der Waals surface area contributed by atoms with Gasteiger partial charge in [-0.15, -0.1) is 0 Å². The SMILES string of the molecule is CSCCCNCC1(N2CCCCC2)CCCCC1. The average molecular weight is 285 g/mol. The largest absolute Gasteiger partial charge is 0.315 e. The number of nitrogens with one attached hydrogen (secondary N) is 1. The smallest absolute Gasteiger partial charge is 0.0333 e. The number of hydrogen-bond donors (Lipinski definition) is 1. The van der Waals surface area contributed by atoms with Gasteiger partial charge in [0.05, 0.1) is 0 Å². The molecule has 1 saturated heterocycles. The van der Waals surface area contributed by atoms with Crippen molar-refractivity contribution in [3.8, 4) is 0 Å². The van der Waals surface area contributed by atoms with Crippen molar-refractivity contribution >= 4 is 11.8 Å². The lowest BCUT2D eigenvalue weighted by molar-refractivity contribution is 0.0337. The van der Waals surface area contributed by atoms with Gasteiger partial charge in [-0.05, 0) is 63.7 Å². The molecule has 0 aromatic heterocycles. The Bertz CT molecular complexity index is 233. The van der Waals surface area contributed by atoms with Crippen molar-refractivity contribution in [2.75, 3.05) is 38.2 Å². The molecule has 19 heavy (non-hydrogen) atoms. The van der Waals surface area contributed by atoms with E-state index in [4.69, 9.17) is 0 Å². The van der Waals surface area contributed by atoms with Gasteiger partial charge in [-0.1, -0.05) is 25.7 Å². The highest BCUT2D eigenvalue weighted by molar-refractivity contribution is 7.98. The maximum absolute atomic E-state index is 3.77. The lowest BCUT2D eigenvalue weighted by atomic mass is 9.79. The van der Waals surface area contributed by atoms with Crippen molar-refractivity contribution in [2.24, 2.45) is 0 Å². The summed E-state index contributed by atoms with van der Waals surface area (Å²) in [6.45, 7) is 5.15. The Balaban J connectivity index is 1.83. The van der Waals surface area contributed by atoms with Gasteiger partial charge >= 0.3 is 0 Å². The van der Waals surface area contributed by atoms with Crippen LogP contribution in [0.15, 0.2) is 0 Å². The second kappa shape index (κ2) is 8.53. The number of likely N-dealkylation sites (tertiary alicyclic amines) is 1. The van der Waals surface area contributed by atoms with E-state index in [0.717, 1.165) is 0 Å². The molecule has 0 aromatic rings. The molecule has 1 saturated carbocycles. The molecule has 0 bridgehead atoms. The standard InChI is InChI=1S/C16H32N2S/c1-19-14-8-11-17-15-16(9-4-2-5-10-16)18-12-6-3-7-13-18/h17H,2-15H2,1H3. The summed E-state index contributed by atoms with van der Waals surface area (Å²) in [6.07, 6.45) is 15.0. The molecular formula is C16H32N2S. The lowest BCUT2D eigenvalue weighted by Crippen LogP contribution is -2.57. The molecule has 3 heteroatoms. The highest BCUT2D eigenvalue weighted by Crippen LogP contribution is 2.35. The molecule has 0 unspecified atom stereocenters. The predicted molar refractivity (Wildman–Crippen MR) is 87.1 cm³/mol. The Labute approximate surface area is 124 Å².